The second-order valence-electron chi connectivity index (χ2n) is 4.75. The Labute approximate surface area is 139 Å². The highest BCUT2D eigenvalue weighted by Gasteiger charge is 2.38. The van der Waals surface area contributed by atoms with Gasteiger partial charge >= 0.3 is 12.1 Å². The average Bonchev–Trinajstić information content (AvgIpc) is 3.18. The molecule has 0 amide bonds. The Bertz CT molecular complexity index is 812. The molecule has 0 saturated heterocycles. The summed E-state index contributed by atoms with van der Waals surface area (Å²) < 4.78 is 43.4. The van der Waals surface area contributed by atoms with Crippen LogP contribution in [0.15, 0.2) is 40.3 Å². The van der Waals surface area contributed by atoms with E-state index in [2.05, 4.69) is 24.7 Å². The van der Waals surface area contributed by atoms with Crippen LogP contribution < -0.4 is 0 Å². The molecule has 3 aromatic rings. The maximum atomic E-state index is 12.5. The van der Waals surface area contributed by atoms with E-state index < -0.39 is 12.1 Å². The van der Waals surface area contributed by atoms with Gasteiger partial charge in [-0.3, -0.25) is 0 Å². The van der Waals surface area contributed by atoms with Crippen LogP contribution in [0.5, 0.6) is 0 Å². The van der Waals surface area contributed by atoms with Crippen molar-refractivity contribution in [2.24, 2.45) is 0 Å². The molecule has 10 heteroatoms. The Morgan fingerprint density at radius 2 is 1.96 bits per heavy atom. The molecule has 0 bridgehead atoms. The Morgan fingerprint density at radius 1 is 1.21 bits per heavy atom. The van der Waals surface area contributed by atoms with Crippen LogP contribution in [-0.4, -0.2) is 30.7 Å². The molecule has 24 heavy (non-hydrogen) atoms. The summed E-state index contributed by atoms with van der Waals surface area (Å²) in [6.45, 7) is 2.54. The van der Waals surface area contributed by atoms with Gasteiger partial charge in [-0.05, 0) is 11.3 Å². The van der Waals surface area contributed by atoms with E-state index in [1.807, 2.05) is 6.92 Å². The summed E-state index contributed by atoms with van der Waals surface area (Å²) in [6, 6.07) is 6.84. The van der Waals surface area contributed by atoms with Crippen LogP contribution >= 0.6 is 11.8 Å². The summed E-state index contributed by atoms with van der Waals surface area (Å²) >= 11 is 1.58. The lowest BCUT2D eigenvalue weighted by atomic mass is 10.1. The number of aromatic nitrogens is 5. The van der Waals surface area contributed by atoms with E-state index in [-0.39, 0.29) is 5.82 Å². The molecule has 0 aliphatic rings. The molecule has 0 aliphatic heterocycles. The molecule has 0 spiro atoms. The van der Waals surface area contributed by atoms with Crippen LogP contribution in [0, 0.1) is 0 Å². The fraction of sp³-hybridized carbons (Fsp3) is 0.286. The van der Waals surface area contributed by atoms with Crippen LogP contribution in [0.4, 0.5) is 13.2 Å². The molecule has 0 radical (unpaired) electrons. The molecule has 6 nitrogen and oxygen atoms in total. The Morgan fingerprint density at radius 3 is 2.58 bits per heavy atom. The highest BCUT2D eigenvalue weighted by atomic mass is 32.2. The number of hydrogen-bond acceptors (Lipinski definition) is 6. The third kappa shape index (κ3) is 3.58. The predicted octanol–water partition coefficient (Wildman–Crippen LogP) is 3.51. The van der Waals surface area contributed by atoms with Gasteiger partial charge in [0.2, 0.25) is 5.82 Å². The number of benzene rings is 1. The number of alkyl halides is 3. The zero-order chi connectivity index (χ0) is 17.2. The molecule has 0 N–H and O–H groups in total. The van der Waals surface area contributed by atoms with Crippen LogP contribution in [0.2, 0.25) is 0 Å². The van der Waals surface area contributed by atoms with Crippen molar-refractivity contribution < 1.29 is 17.7 Å². The lowest BCUT2D eigenvalue weighted by molar-refractivity contribution is -0.159. The summed E-state index contributed by atoms with van der Waals surface area (Å²) in [7, 11) is 0. The fourth-order valence-electron chi connectivity index (χ4n) is 1.99. The predicted molar refractivity (Wildman–Crippen MR) is 80.3 cm³/mol. The second-order valence-corrected chi connectivity index (χ2v) is 5.98. The molecule has 0 atom stereocenters. The number of halogens is 3. The number of thioether (sulfide) groups is 1. The fourth-order valence-corrected chi connectivity index (χ4v) is 2.63. The van der Waals surface area contributed by atoms with Gasteiger partial charge in [0, 0.05) is 5.56 Å². The van der Waals surface area contributed by atoms with Gasteiger partial charge < -0.3 is 4.52 Å². The van der Waals surface area contributed by atoms with Crippen molar-refractivity contribution in [2.45, 2.75) is 24.8 Å². The van der Waals surface area contributed by atoms with Crippen molar-refractivity contribution >= 4 is 11.8 Å². The summed E-state index contributed by atoms with van der Waals surface area (Å²) in [6.07, 6.45) is -3.16. The van der Waals surface area contributed by atoms with Crippen molar-refractivity contribution in [3.05, 3.63) is 42.0 Å². The van der Waals surface area contributed by atoms with Crippen molar-refractivity contribution in [1.82, 2.24) is 24.9 Å². The normalized spacial score (nSPS) is 11.8. The van der Waals surface area contributed by atoms with Crippen LogP contribution in [0.25, 0.3) is 11.4 Å². The minimum absolute atomic E-state index is 0.100. The SMILES string of the molecule is CCSc1ncnn1Cc1ccc(-c2noc(C(F)(F)F)n2)cc1. The molecule has 0 unspecified atom stereocenters. The largest absolute Gasteiger partial charge is 0.471 e. The molecule has 3 rings (SSSR count). The summed E-state index contributed by atoms with van der Waals surface area (Å²) in [4.78, 5) is 7.53. The molecule has 1 aromatic carbocycles. The smallest absolute Gasteiger partial charge is 0.329 e. The lowest BCUT2D eigenvalue weighted by Gasteiger charge is -2.05. The lowest BCUT2D eigenvalue weighted by Crippen LogP contribution is -2.05. The van der Waals surface area contributed by atoms with E-state index >= 15 is 0 Å². The molecular weight excluding hydrogens is 343 g/mol. The Kier molecular flexibility index (Phi) is 4.56. The van der Waals surface area contributed by atoms with Gasteiger partial charge in [0.25, 0.3) is 0 Å². The van der Waals surface area contributed by atoms with Gasteiger partial charge in [-0.2, -0.15) is 23.3 Å². The zero-order valence-corrected chi connectivity index (χ0v) is 13.3. The standard InChI is InChI=1S/C14H12F3N5OS/c1-2-24-13-18-8-19-22(13)7-9-3-5-10(6-4-9)11-20-12(23-21-11)14(15,16)17/h3-6,8H,2,7H2,1H3. The first-order valence-electron chi connectivity index (χ1n) is 6.98. The van der Waals surface area contributed by atoms with Crippen LogP contribution in [0.1, 0.15) is 18.4 Å². The van der Waals surface area contributed by atoms with E-state index in [1.54, 1.807) is 40.7 Å². The van der Waals surface area contributed by atoms with E-state index in [9.17, 15) is 13.2 Å². The maximum Gasteiger partial charge on any atom is 0.471 e. The topological polar surface area (TPSA) is 69.6 Å². The van der Waals surface area contributed by atoms with Gasteiger partial charge in [-0.1, -0.05) is 48.1 Å². The minimum atomic E-state index is -4.65. The average molecular weight is 355 g/mol. The van der Waals surface area contributed by atoms with Gasteiger partial charge in [-0.15, -0.1) is 0 Å². The molecule has 2 aromatic heterocycles. The number of hydrogen-bond donors (Lipinski definition) is 0. The van der Waals surface area contributed by atoms with E-state index in [0.717, 1.165) is 16.5 Å². The minimum Gasteiger partial charge on any atom is -0.329 e. The summed E-state index contributed by atoms with van der Waals surface area (Å²) in [5.74, 6) is -0.570. The quantitative estimate of drug-likeness (QED) is 0.653. The van der Waals surface area contributed by atoms with E-state index in [4.69, 9.17) is 0 Å². The van der Waals surface area contributed by atoms with Crippen molar-refractivity contribution in [3.63, 3.8) is 0 Å². The van der Waals surface area contributed by atoms with E-state index in [0.29, 0.717) is 12.1 Å². The van der Waals surface area contributed by atoms with E-state index in [1.165, 1.54) is 6.33 Å². The van der Waals surface area contributed by atoms with Crippen molar-refractivity contribution in [2.75, 3.05) is 5.75 Å². The number of nitrogens with zero attached hydrogens (tertiary/aromatic N) is 5. The van der Waals surface area contributed by atoms with Gasteiger partial charge in [0.05, 0.1) is 6.54 Å². The maximum absolute atomic E-state index is 12.5. The third-order valence-electron chi connectivity index (χ3n) is 3.07. The van der Waals surface area contributed by atoms with Crippen molar-refractivity contribution in [1.29, 1.82) is 0 Å². The molecule has 0 fully saturated rings. The Hall–Kier alpha value is -2.36. The summed E-state index contributed by atoms with van der Waals surface area (Å²) in [5, 5.41) is 8.34. The number of rotatable bonds is 5. The van der Waals surface area contributed by atoms with Gasteiger partial charge in [0.1, 0.15) is 6.33 Å². The zero-order valence-electron chi connectivity index (χ0n) is 12.5. The highest BCUT2D eigenvalue weighted by Crippen LogP contribution is 2.29. The monoisotopic (exact) mass is 355 g/mol. The van der Waals surface area contributed by atoms with Gasteiger partial charge in [-0.25, -0.2) is 9.67 Å². The molecule has 0 aliphatic carbocycles. The molecule has 2 heterocycles. The first-order valence-corrected chi connectivity index (χ1v) is 7.96. The third-order valence-corrected chi connectivity index (χ3v) is 3.93. The molecule has 126 valence electrons. The van der Waals surface area contributed by atoms with Crippen LogP contribution in [-0.2, 0) is 12.7 Å². The Balaban J connectivity index is 1.76. The second kappa shape index (κ2) is 6.63. The van der Waals surface area contributed by atoms with Crippen LogP contribution in [0.3, 0.4) is 0 Å². The van der Waals surface area contributed by atoms with Gasteiger partial charge in [0.15, 0.2) is 5.16 Å². The first-order chi connectivity index (χ1) is 11.5. The molecule has 0 saturated carbocycles. The van der Waals surface area contributed by atoms with Crippen molar-refractivity contribution in [3.8, 4) is 11.4 Å². The first kappa shape index (κ1) is 16.5. The molecular formula is C14H12F3N5OS. The highest BCUT2D eigenvalue weighted by molar-refractivity contribution is 7.99. The summed E-state index contributed by atoms with van der Waals surface area (Å²) in [5.41, 5.74) is 1.38.